The molecular formula is C24H30FIN4O2. The van der Waals surface area contributed by atoms with Crippen LogP contribution >= 0.6 is 24.0 Å². The Morgan fingerprint density at radius 2 is 1.81 bits per heavy atom. The van der Waals surface area contributed by atoms with E-state index < -0.39 is 0 Å². The quantitative estimate of drug-likeness (QED) is 0.161. The van der Waals surface area contributed by atoms with E-state index in [4.69, 9.17) is 9.15 Å². The van der Waals surface area contributed by atoms with Crippen LogP contribution in [0.4, 0.5) is 4.39 Å². The molecule has 8 heteroatoms. The van der Waals surface area contributed by atoms with E-state index in [2.05, 4.69) is 39.7 Å². The highest BCUT2D eigenvalue weighted by molar-refractivity contribution is 14.0. The summed E-state index contributed by atoms with van der Waals surface area (Å²) >= 11 is 0. The molecule has 0 bridgehead atoms. The van der Waals surface area contributed by atoms with Crippen molar-refractivity contribution < 1.29 is 13.5 Å². The molecule has 1 heterocycles. The third kappa shape index (κ3) is 8.23. The lowest BCUT2D eigenvalue weighted by Crippen LogP contribution is -2.39. The normalized spacial score (nSPS) is 12.2. The fourth-order valence-electron chi connectivity index (χ4n) is 3.04. The molecule has 0 saturated carbocycles. The van der Waals surface area contributed by atoms with Gasteiger partial charge in [-0.2, -0.15) is 0 Å². The van der Waals surface area contributed by atoms with Crippen LogP contribution in [-0.2, 0) is 11.2 Å². The summed E-state index contributed by atoms with van der Waals surface area (Å²) in [5, 5.41) is 6.55. The van der Waals surface area contributed by atoms with Gasteiger partial charge < -0.3 is 19.8 Å². The lowest BCUT2D eigenvalue weighted by molar-refractivity contribution is 0.0646. The Morgan fingerprint density at radius 1 is 1.09 bits per heavy atom. The van der Waals surface area contributed by atoms with Gasteiger partial charge in [0.1, 0.15) is 12.1 Å². The van der Waals surface area contributed by atoms with Gasteiger partial charge in [-0.1, -0.05) is 30.3 Å². The summed E-state index contributed by atoms with van der Waals surface area (Å²) in [6.07, 6.45) is 3.27. The monoisotopic (exact) mass is 552 g/mol. The first-order valence-corrected chi connectivity index (χ1v) is 10.5. The molecule has 0 saturated heterocycles. The fraction of sp³-hybridized carbons (Fsp3) is 0.333. The largest absolute Gasteiger partial charge is 0.444 e. The van der Waals surface area contributed by atoms with Crippen LogP contribution in [0.1, 0.15) is 30.7 Å². The van der Waals surface area contributed by atoms with Crippen molar-refractivity contribution in [2.45, 2.75) is 25.9 Å². The summed E-state index contributed by atoms with van der Waals surface area (Å²) in [4.78, 5) is 8.69. The Hall–Kier alpha value is -2.46. The second kappa shape index (κ2) is 13.8. The maximum atomic E-state index is 13.0. The van der Waals surface area contributed by atoms with E-state index in [1.165, 1.54) is 17.7 Å². The van der Waals surface area contributed by atoms with Crippen molar-refractivity contribution in [2.24, 2.45) is 4.99 Å². The maximum absolute atomic E-state index is 13.0. The van der Waals surface area contributed by atoms with E-state index in [1.807, 2.05) is 18.2 Å². The van der Waals surface area contributed by atoms with Crippen LogP contribution in [0.5, 0.6) is 0 Å². The van der Waals surface area contributed by atoms with E-state index in [-0.39, 0.29) is 35.9 Å². The van der Waals surface area contributed by atoms with Crippen LogP contribution in [0.25, 0.3) is 11.5 Å². The number of nitrogens with one attached hydrogen (secondary N) is 2. The number of halogens is 2. The van der Waals surface area contributed by atoms with Crippen LogP contribution < -0.4 is 10.6 Å². The summed E-state index contributed by atoms with van der Waals surface area (Å²) in [7, 11) is 1.74. The van der Waals surface area contributed by atoms with E-state index in [0.29, 0.717) is 25.5 Å². The van der Waals surface area contributed by atoms with E-state index >= 15 is 0 Å². The number of aromatic nitrogens is 1. The molecule has 3 rings (SSSR count). The summed E-state index contributed by atoms with van der Waals surface area (Å²) < 4.78 is 24.4. The molecule has 0 radical (unpaired) electrons. The first kappa shape index (κ1) is 25.8. The average Bonchev–Trinajstić information content (AvgIpc) is 3.27. The number of hydrogen-bond acceptors (Lipinski definition) is 4. The molecule has 3 aromatic rings. The summed E-state index contributed by atoms with van der Waals surface area (Å²) in [5.74, 6) is 0.941. The van der Waals surface area contributed by atoms with Gasteiger partial charge in [0.2, 0.25) is 5.89 Å². The molecule has 0 fully saturated rings. The van der Waals surface area contributed by atoms with Gasteiger partial charge in [-0.05, 0) is 43.2 Å². The Balaban J connectivity index is 0.00000363. The van der Waals surface area contributed by atoms with Gasteiger partial charge in [-0.25, -0.2) is 9.37 Å². The topological polar surface area (TPSA) is 71.7 Å². The van der Waals surface area contributed by atoms with Crippen LogP contribution in [0.3, 0.4) is 0 Å². The fourth-order valence-corrected chi connectivity index (χ4v) is 3.04. The molecule has 32 heavy (non-hydrogen) atoms. The molecule has 0 spiro atoms. The molecule has 0 aliphatic rings. The molecule has 2 aromatic carbocycles. The maximum Gasteiger partial charge on any atom is 0.226 e. The summed E-state index contributed by atoms with van der Waals surface area (Å²) in [6, 6.07) is 16.3. The zero-order valence-electron chi connectivity index (χ0n) is 18.4. The van der Waals surface area contributed by atoms with Gasteiger partial charge in [0.05, 0.1) is 11.8 Å². The smallest absolute Gasteiger partial charge is 0.226 e. The molecule has 2 N–H and O–H groups in total. The van der Waals surface area contributed by atoms with Crippen LogP contribution in [0.15, 0.2) is 70.3 Å². The number of ether oxygens (including phenoxy) is 1. The lowest BCUT2D eigenvalue weighted by Gasteiger charge is -2.14. The minimum absolute atomic E-state index is 0. The first-order valence-electron chi connectivity index (χ1n) is 10.5. The van der Waals surface area contributed by atoms with Gasteiger partial charge in [0.15, 0.2) is 5.96 Å². The molecule has 1 atom stereocenters. The molecule has 0 amide bonds. The second-order valence-electron chi connectivity index (χ2n) is 7.10. The van der Waals surface area contributed by atoms with Crippen LogP contribution in [-0.4, -0.2) is 37.7 Å². The van der Waals surface area contributed by atoms with E-state index in [0.717, 1.165) is 30.2 Å². The van der Waals surface area contributed by atoms with Gasteiger partial charge in [-0.15, -0.1) is 24.0 Å². The van der Waals surface area contributed by atoms with Crippen molar-refractivity contribution in [3.63, 3.8) is 0 Å². The molecular weight excluding hydrogens is 522 g/mol. The van der Waals surface area contributed by atoms with Gasteiger partial charge in [-0.3, -0.25) is 4.99 Å². The lowest BCUT2D eigenvalue weighted by atomic mass is 10.1. The number of guanidine groups is 1. The average molecular weight is 552 g/mol. The van der Waals surface area contributed by atoms with Crippen LogP contribution in [0, 0.1) is 5.82 Å². The summed E-state index contributed by atoms with van der Waals surface area (Å²) in [6.45, 7) is 4.16. The second-order valence-corrected chi connectivity index (χ2v) is 7.10. The number of aliphatic imine (C=N–C) groups is 1. The molecule has 1 aromatic heterocycles. The predicted molar refractivity (Wildman–Crippen MR) is 136 cm³/mol. The van der Waals surface area contributed by atoms with Gasteiger partial charge >= 0.3 is 0 Å². The van der Waals surface area contributed by atoms with Crippen molar-refractivity contribution in [1.29, 1.82) is 0 Å². The number of hydrogen-bond donors (Lipinski definition) is 2. The van der Waals surface area contributed by atoms with Gasteiger partial charge in [0.25, 0.3) is 0 Å². The molecule has 0 aliphatic carbocycles. The van der Waals surface area contributed by atoms with Crippen LogP contribution in [0.2, 0.25) is 0 Å². The van der Waals surface area contributed by atoms with Crippen molar-refractivity contribution in [3.8, 4) is 11.5 Å². The Bertz CT molecular complexity index is 948. The first-order chi connectivity index (χ1) is 15.2. The number of nitrogens with zero attached hydrogens (tertiary/aromatic N) is 2. The SMILES string of the molecule is CN=C(NCCCOC(C)c1ccccc1)NCCc1coc(-c2ccc(F)cc2)n1.I. The van der Waals surface area contributed by atoms with Crippen molar-refractivity contribution >= 4 is 29.9 Å². The Morgan fingerprint density at radius 3 is 2.53 bits per heavy atom. The van der Waals surface area contributed by atoms with E-state index in [1.54, 1.807) is 25.4 Å². The highest BCUT2D eigenvalue weighted by atomic mass is 127. The zero-order chi connectivity index (χ0) is 21.9. The highest BCUT2D eigenvalue weighted by Gasteiger charge is 2.08. The molecule has 172 valence electrons. The molecule has 1 unspecified atom stereocenters. The Kier molecular flexibility index (Phi) is 11.2. The minimum Gasteiger partial charge on any atom is -0.444 e. The molecule has 0 aliphatic heterocycles. The predicted octanol–water partition coefficient (Wildman–Crippen LogP) is 4.97. The zero-order valence-corrected chi connectivity index (χ0v) is 20.7. The molecule has 6 nitrogen and oxygen atoms in total. The Labute approximate surface area is 205 Å². The third-order valence-corrected chi connectivity index (χ3v) is 4.79. The summed E-state index contributed by atoms with van der Waals surface area (Å²) in [5.41, 5.74) is 2.76. The van der Waals surface area contributed by atoms with Crippen molar-refractivity contribution in [2.75, 3.05) is 26.7 Å². The number of rotatable bonds is 10. The van der Waals surface area contributed by atoms with E-state index in [9.17, 15) is 4.39 Å². The third-order valence-electron chi connectivity index (χ3n) is 4.79. The number of benzene rings is 2. The standard InChI is InChI=1S/C24H29FN4O2.HI/c1-18(19-7-4-3-5-8-19)30-16-6-14-27-24(26-2)28-15-13-22-17-31-23(29-22)20-9-11-21(25)12-10-20;/h3-5,7-12,17-18H,6,13-16H2,1-2H3,(H2,26,27,28);1H. The van der Waals surface area contributed by atoms with Crippen molar-refractivity contribution in [1.82, 2.24) is 15.6 Å². The number of oxazole rings is 1. The van der Waals surface area contributed by atoms with Crippen molar-refractivity contribution in [3.05, 3.63) is 77.9 Å². The minimum atomic E-state index is -0.282. The van der Waals surface area contributed by atoms with Gasteiger partial charge in [0, 0.05) is 38.7 Å². The highest BCUT2D eigenvalue weighted by Crippen LogP contribution is 2.19.